The zero-order valence-corrected chi connectivity index (χ0v) is 25.2. The Morgan fingerprint density at radius 2 is 1.23 bits per heavy atom. The molecule has 3 rings (SSSR count). The van der Waals surface area contributed by atoms with E-state index in [1.807, 2.05) is 12.4 Å². The fourth-order valence-electron chi connectivity index (χ4n) is 6.34. The highest BCUT2D eigenvalue weighted by Crippen LogP contribution is 2.45. The number of aryl methyl sites for hydroxylation is 1. The molecule has 1 heterocycles. The van der Waals surface area contributed by atoms with Gasteiger partial charge in [-0.2, -0.15) is 5.26 Å². The number of rotatable bonds is 19. The Balaban J connectivity index is 1.38. The molecule has 1 aliphatic rings. The zero-order chi connectivity index (χ0) is 27.6. The first-order valence-electron chi connectivity index (χ1n) is 16.5. The molecule has 0 spiro atoms. The molecular formula is C36H55N3. The first-order valence-corrected chi connectivity index (χ1v) is 16.5. The molecular weight excluding hydrogens is 474 g/mol. The fourth-order valence-corrected chi connectivity index (χ4v) is 6.34. The first-order chi connectivity index (χ1) is 19.2. The van der Waals surface area contributed by atoms with Gasteiger partial charge in [-0.1, -0.05) is 128 Å². The number of benzene rings is 1. The van der Waals surface area contributed by atoms with Gasteiger partial charge in [-0.3, -0.25) is 0 Å². The molecule has 1 aromatic carbocycles. The van der Waals surface area contributed by atoms with Crippen molar-refractivity contribution in [1.82, 2.24) is 9.97 Å². The number of nitrogens with zero attached hydrogens (tertiary/aromatic N) is 3. The highest BCUT2D eigenvalue weighted by molar-refractivity contribution is 5.55. The maximum absolute atomic E-state index is 10.00. The van der Waals surface area contributed by atoms with Crippen LogP contribution in [-0.4, -0.2) is 9.97 Å². The summed E-state index contributed by atoms with van der Waals surface area (Å²) in [5, 5.41) is 10.00. The summed E-state index contributed by atoms with van der Waals surface area (Å²) in [4.78, 5) is 9.36. The average Bonchev–Trinajstić information content (AvgIpc) is 2.99. The highest BCUT2D eigenvalue weighted by atomic mass is 14.9. The van der Waals surface area contributed by atoms with Gasteiger partial charge in [0.2, 0.25) is 0 Å². The van der Waals surface area contributed by atoms with E-state index in [1.54, 1.807) is 0 Å². The largest absolute Gasteiger partial charge is 0.236 e. The number of hydrogen-bond donors (Lipinski definition) is 0. The lowest BCUT2D eigenvalue weighted by atomic mass is 9.67. The number of unbranched alkanes of at least 4 members (excludes halogenated alkanes) is 13. The van der Waals surface area contributed by atoms with E-state index < -0.39 is 0 Å². The molecule has 0 saturated heterocycles. The van der Waals surface area contributed by atoms with Crippen molar-refractivity contribution in [1.29, 1.82) is 5.26 Å². The minimum Gasteiger partial charge on any atom is -0.236 e. The molecule has 0 atom stereocenters. The van der Waals surface area contributed by atoms with Gasteiger partial charge in [0.25, 0.3) is 0 Å². The Morgan fingerprint density at radius 1 is 0.718 bits per heavy atom. The maximum Gasteiger partial charge on any atom is 0.159 e. The molecule has 0 unspecified atom stereocenters. The molecule has 214 valence electrons. The number of aromatic nitrogens is 2. The maximum atomic E-state index is 10.00. The van der Waals surface area contributed by atoms with Crippen molar-refractivity contribution >= 4 is 0 Å². The van der Waals surface area contributed by atoms with Crippen molar-refractivity contribution in [3.63, 3.8) is 0 Å². The van der Waals surface area contributed by atoms with Crippen LogP contribution in [0.4, 0.5) is 0 Å². The molecule has 1 aromatic heterocycles. The van der Waals surface area contributed by atoms with Crippen LogP contribution >= 0.6 is 0 Å². The van der Waals surface area contributed by atoms with E-state index in [0.717, 1.165) is 49.9 Å². The standard InChI is InChI=1S/C36H55N3/c1-3-5-7-9-11-12-14-16-18-31-28-38-35(39-29-31)34-21-19-32(20-22-34)33-23-26-36(30-37,27-24-33)25-17-15-13-10-8-6-4-2/h19-22,28-29,33H,3-18,23-27H2,1-2H3/t33-,36-. The van der Waals surface area contributed by atoms with E-state index in [1.165, 1.54) is 107 Å². The Morgan fingerprint density at radius 3 is 1.77 bits per heavy atom. The van der Waals surface area contributed by atoms with Crippen LogP contribution in [0.5, 0.6) is 0 Å². The summed E-state index contributed by atoms with van der Waals surface area (Å²) >= 11 is 0. The van der Waals surface area contributed by atoms with Crippen molar-refractivity contribution in [2.45, 2.75) is 155 Å². The number of hydrogen-bond acceptors (Lipinski definition) is 3. The summed E-state index contributed by atoms with van der Waals surface area (Å²) in [5.74, 6) is 1.40. The summed E-state index contributed by atoms with van der Waals surface area (Å²) in [5.41, 5.74) is 3.68. The second-order valence-electron chi connectivity index (χ2n) is 12.3. The van der Waals surface area contributed by atoms with Crippen LogP contribution in [0.25, 0.3) is 11.4 Å². The smallest absolute Gasteiger partial charge is 0.159 e. The topological polar surface area (TPSA) is 49.6 Å². The predicted octanol–water partition coefficient (Wildman–Crippen LogP) is 11.1. The zero-order valence-electron chi connectivity index (χ0n) is 25.2. The van der Waals surface area contributed by atoms with Crippen LogP contribution in [-0.2, 0) is 6.42 Å². The molecule has 1 saturated carbocycles. The van der Waals surface area contributed by atoms with E-state index in [4.69, 9.17) is 0 Å². The average molecular weight is 530 g/mol. The summed E-state index contributed by atoms with van der Waals surface area (Å²) in [7, 11) is 0. The van der Waals surface area contributed by atoms with Crippen LogP contribution in [0, 0.1) is 16.7 Å². The minimum absolute atomic E-state index is 0.0793. The summed E-state index contributed by atoms with van der Waals surface area (Å²) < 4.78 is 0. The van der Waals surface area contributed by atoms with Crippen molar-refractivity contribution in [2.24, 2.45) is 5.41 Å². The van der Waals surface area contributed by atoms with Gasteiger partial charge in [0.05, 0.1) is 11.5 Å². The SMILES string of the molecule is CCCCCCCCCCc1cnc(-c2ccc([C@H]3CC[C@@](C#N)(CCCCCCCCC)CC3)cc2)nc1. The fraction of sp³-hybridized carbons (Fsp3) is 0.694. The van der Waals surface area contributed by atoms with E-state index in [9.17, 15) is 5.26 Å². The Bertz CT molecular complexity index is 933. The van der Waals surface area contributed by atoms with Gasteiger partial charge in [0, 0.05) is 18.0 Å². The van der Waals surface area contributed by atoms with Crippen LogP contribution in [0.3, 0.4) is 0 Å². The lowest BCUT2D eigenvalue weighted by Crippen LogP contribution is -2.25. The summed E-state index contributed by atoms with van der Waals surface area (Å²) in [6, 6.07) is 11.7. The second-order valence-corrected chi connectivity index (χ2v) is 12.3. The van der Waals surface area contributed by atoms with Gasteiger partial charge in [-0.05, 0) is 62.0 Å². The van der Waals surface area contributed by atoms with Crippen LogP contribution < -0.4 is 0 Å². The molecule has 1 aliphatic carbocycles. The van der Waals surface area contributed by atoms with Crippen molar-refractivity contribution in [3.05, 3.63) is 47.8 Å². The third-order valence-corrected chi connectivity index (χ3v) is 9.10. The van der Waals surface area contributed by atoms with Crippen LogP contribution in [0.15, 0.2) is 36.7 Å². The van der Waals surface area contributed by atoms with Gasteiger partial charge in [-0.25, -0.2) is 9.97 Å². The lowest BCUT2D eigenvalue weighted by Gasteiger charge is -2.35. The van der Waals surface area contributed by atoms with Crippen molar-refractivity contribution in [2.75, 3.05) is 0 Å². The van der Waals surface area contributed by atoms with Crippen molar-refractivity contribution in [3.8, 4) is 17.5 Å². The monoisotopic (exact) mass is 529 g/mol. The minimum atomic E-state index is -0.0793. The van der Waals surface area contributed by atoms with Crippen molar-refractivity contribution < 1.29 is 0 Å². The van der Waals surface area contributed by atoms with Gasteiger partial charge < -0.3 is 0 Å². The quantitative estimate of drug-likeness (QED) is 0.170. The van der Waals surface area contributed by atoms with Crippen LogP contribution in [0.2, 0.25) is 0 Å². The molecule has 0 N–H and O–H groups in total. The summed E-state index contributed by atoms with van der Waals surface area (Å²) in [6.07, 6.45) is 30.6. The van der Waals surface area contributed by atoms with Crippen LogP contribution in [0.1, 0.15) is 159 Å². The predicted molar refractivity (Wildman–Crippen MR) is 166 cm³/mol. The molecule has 0 radical (unpaired) electrons. The van der Waals surface area contributed by atoms with Gasteiger partial charge in [0.1, 0.15) is 0 Å². The first kappa shape index (κ1) is 31.3. The molecule has 2 aromatic rings. The third-order valence-electron chi connectivity index (χ3n) is 9.10. The molecule has 0 bridgehead atoms. The summed E-state index contributed by atoms with van der Waals surface area (Å²) in [6.45, 7) is 4.55. The van der Waals surface area contributed by atoms with Gasteiger partial charge in [0.15, 0.2) is 5.82 Å². The van der Waals surface area contributed by atoms with E-state index in [-0.39, 0.29) is 5.41 Å². The Labute approximate surface area is 240 Å². The Hall–Kier alpha value is -2.21. The molecule has 3 heteroatoms. The molecule has 0 amide bonds. The van der Waals surface area contributed by atoms with Gasteiger partial charge >= 0.3 is 0 Å². The van der Waals surface area contributed by atoms with Gasteiger partial charge in [-0.15, -0.1) is 0 Å². The molecule has 1 fully saturated rings. The third kappa shape index (κ3) is 11.1. The normalized spacial score (nSPS) is 19.2. The number of nitriles is 1. The molecule has 3 nitrogen and oxygen atoms in total. The van der Waals surface area contributed by atoms with E-state index in [2.05, 4.69) is 54.2 Å². The highest BCUT2D eigenvalue weighted by Gasteiger charge is 2.35. The van der Waals surface area contributed by atoms with E-state index in [0.29, 0.717) is 5.92 Å². The van der Waals surface area contributed by atoms with E-state index >= 15 is 0 Å². The Kier molecular flexibility index (Phi) is 14.6. The molecule has 0 aliphatic heterocycles. The lowest BCUT2D eigenvalue weighted by molar-refractivity contribution is 0.223. The molecule has 39 heavy (non-hydrogen) atoms. The second kappa shape index (κ2) is 18.2.